The molecule has 0 N–H and O–H groups in total. The highest BCUT2D eigenvalue weighted by Gasteiger charge is 2.47. The lowest BCUT2D eigenvalue weighted by Crippen LogP contribution is -2.61. The number of ether oxygens (including phenoxy) is 1. The van der Waals surface area contributed by atoms with Gasteiger partial charge in [-0.1, -0.05) is 50.1 Å². The number of hydrogen-bond donors (Lipinski definition) is 0. The maximum Gasteiger partial charge on any atom is 0.306 e. The smallest absolute Gasteiger partial charge is 0.306 e. The zero-order valence-electron chi connectivity index (χ0n) is 17.1. The average Bonchev–Trinajstić information content (AvgIpc) is 2.53. The van der Waals surface area contributed by atoms with Crippen molar-refractivity contribution in [1.82, 2.24) is 5.06 Å². The SMILES string of the molecule is CCCCCC(=O)OC1CC(C)(C)N(OCc2ccccc2)C(C)(C)C1. The molecule has 1 heterocycles. The Morgan fingerprint density at radius 3 is 2.27 bits per heavy atom. The third-order valence-electron chi connectivity index (χ3n) is 5.04. The number of unbranched alkanes of at least 4 members (excludes halogenated alkanes) is 2. The largest absolute Gasteiger partial charge is 0.462 e. The molecule has 1 fully saturated rings. The van der Waals surface area contributed by atoms with Crippen LogP contribution >= 0.6 is 0 Å². The second kappa shape index (κ2) is 9.01. The molecule has 1 aromatic rings. The first-order chi connectivity index (χ1) is 12.2. The first kappa shape index (κ1) is 20.9. The van der Waals surface area contributed by atoms with Crippen molar-refractivity contribution in [3.05, 3.63) is 35.9 Å². The number of esters is 1. The topological polar surface area (TPSA) is 38.8 Å². The van der Waals surface area contributed by atoms with Crippen LogP contribution in [0.4, 0.5) is 0 Å². The molecule has 4 heteroatoms. The minimum atomic E-state index is -0.203. The number of benzene rings is 1. The minimum Gasteiger partial charge on any atom is -0.462 e. The van der Waals surface area contributed by atoms with E-state index < -0.39 is 0 Å². The molecule has 0 spiro atoms. The summed E-state index contributed by atoms with van der Waals surface area (Å²) < 4.78 is 5.80. The van der Waals surface area contributed by atoms with Crippen LogP contribution in [0.3, 0.4) is 0 Å². The van der Waals surface area contributed by atoms with Crippen LogP contribution in [0.15, 0.2) is 30.3 Å². The van der Waals surface area contributed by atoms with Gasteiger partial charge >= 0.3 is 5.97 Å². The summed E-state index contributed by atoms with van der Waals surface area (Å²) in [6.45, 7) is 11.3. The fourth-order valence-electron chi connectivity index (χ4n) is 4.08. The van der Waals surface area contributed by atoms with Gasteiger partial charge in [-0.05, 0) is 39.7 Å². The second-order valence-corrected chi connectivity index (χ2v) is 8.66. The molecule has 0 unspecified atom stereocenters. The first-order valence-electron chi connectivity index (χ1n) is 9.91. The number of hydroxylamine groups is 2. The van der Waals surface area contributed by atoms with Gasteiger partial charge in [0.25, 0.3) is 0 Å². The lowest BCUT2D eigenvalue weighted by Gasteiger charge is -2.53. The van der Waals surface area contributed by atoms with Crippen LogP contribution in [0, 0.1) is 0 Å². The molecule has 0 radical (unpaired) electrons. The van der Waals surface area contributed by atoms with Crippen molar-refractivity contribution in [3.63, 3.8) is 0 Å². The van der Waals surface area contributed by atoms with E-state index in [1.807, 2.05) is 18.2 Å². The maximum absolute atomic E-state index is 12.1. The van der Waals surface area contributed by atoms with E-state index in [1.54, 1.807) is 0 Å². The summed E-state index contributed by atoms with van der Waals surface area (Å²) in [6, 6.07) is 10.2. The van der Waals surface area contributed by atoms with Gasteiger partial charge in [0.2, 0.25) is 0 Å². The maximum atomic E-state index is 12.1. The highest BCUT2D eigenvalue weighted by molar-refractivity contribution is 5.69. The Bertz CT molecular complexity index is 550. The van der Waals surface area contributed by atoms with Crippen LogP contribution in [0.25, 0.3) is 0 Å². The van der Waals surface area contributed by atoms with Gasteiger partial charge in [-0.3, -0.25) is 9.63 Å². The van der Waals surface area contributed by atoms with Crippen molar-refractivity contribution in [3.8, 4) is 0 Å². The van der Waals surface area contributed by atoms with Crippen molar-refractivity contribution in [2.75, 3.05) is 0 Å². The van der Waals surface area contributed by atoms with Gasteiger partial charge < -0.3 is 4.74 Å². The molecule has 26 heavy (non-hydrogen) atoms. The Labute approximate surface area is 158 Å². The first-order valence-corrected chi connectivity index (χ1v) is 9.91. The van der Waals surface area contributed by atoms with Gasteiger partial charge in [0.15, 0.2) is 0 Å². The van der Waals surface area contributed by atoms with Crippen LogP contribution in [0.1, 0.15) is 78.7 Å². The number of hydrogen-bond acceptors (Lipinski definition) is 4. The summed E-state index contributed by atoms with van der Waals surface area (Å²) >= 11 is 0. The molecule has 0 aromatic heterocycles. The zero-order valence-corrected chi connectivity index (χ0v) is 17.1. The van der Waals surface area contributed by atoms with Crippen molar-refractivity contribution < 1.29 is 14.4 Å². The molecule has 1 saturated heterocycles. The fourth-order valence-corrected chi connectivity index (χ4v) is 4.08. The molecule has 0 amide bonds. The van der Waals surface area contributed by atoms with Crippen molar-refractivity contribution in [1.29, 1.82) is 0 Å². The molecule has 146 valence electrons. The minimum absolute atomic E-state index is 0.0503. The van der Waals surface area contributed by atoms with Gasteiger partial charge in [-0.25, -0.2) is 0 Å². The van der Waals surface area contributed by atoms with Crippen molar-refractivity contribution >= 4 is 5.97 Å². The number of nitrogens with zero attached hydrogens (tertiary/aromatic N) is 1. The highest BCUT2D eigenvalue weighted by atomic mass is 16.7. The quantitative estimate of drug-likeness (QED) is 0.467. The summed E-state index contributed by atoms with van der Waals surface area (Å²) in [4.78, 5) is 18.4. The third kappa shape index (κ3) is 5.82. The summed E-state index contributed by atoms with van der Waals surface area (Å²) in [7, 11) is 0. The second-order valence-electron chi connectivity index (χ2n) is 8.66. The predicted octanol–water partition coefficient (Wildman–Crippen LogP) is 5.26. The molecule has 0 saturated carbocycles. The molecular formula is C22H35NO3. The molecule has 1 aromatic carbocycles. The fraction of sp³-hybridized carbons (Fsp3) is 0.682. The molecule has 0 atom stereocenters. The molecule has 4 nitrogen and oxygen atoms in total. The molecule has 1 aliphatic heterocycles. The predicted molar refractivity (Wildman–Crippen MR) is 104 cm³/mol. The van der Waals surface area contributed by atoms with Crippen LogP contribution in [0.2, 0.25) is 0 Å². The van der Waals surface area contributed by atoms with E-state index in [1.165, 1.54) is 0 Å². The van der Waals surface area contributed by atoms with E-state index in [-0.39, 0.29) is 23.2 Å². The highest BCUT2D eigenvalue weighted by Crippen LogP contribution is 2.40. The van der Waals surface area contributed by atoms with E-state index >= 15 is 0 Å². The Kier molecular flexibility index (Phi) is 7.24. The summed E-state index contributed by atoms with van der Waals surface area (Å²) in [5.74, 6) is -0.0614. The lowest BCUT2D eigenvalue weighted by atomic mass is 9.80. The van der Waals surface area contributed by atoms with Crippen LogP contribution < -0.4 is 0 Å². The standard InChI is InChI=1S/C22H35NO3/c1-6-7-9-14-20(24)26-19-15-21(2,3)23(22(4,5)16-19)25-17-18-12-10-8-11-13-18/h8,10-13,19H,6-7,9,14-17H2,1-5H3. The number of piperidine rings is 1. The lowest BCUT2D eigenvalue weighted by molar-refractivity contribution is -0.299. The van der Waals surface area contributed by atoms with E-state index in [4.69, 9.17) is 9.57 Å². The Balaban J connectivity index is 1.95. The Hall–Kier alpha value is -1.39. The van der Waals surface area contributed by atoms with Gasteiger partial charge in [-0.15, -0.1) is 0 Å². The van der Waals surface area contributed by atoms with Gasteiger partial charge in [0.1, 0.15) is 6.10 Å². The Morgan fingerprint density at radius 2 is 1.69 bits per heavy atom. The summed E-state index contributed by atoms with van der Waals surface area (Å²) in [5, 5.41) is 2.11. The van der Waals surface area contributed by atoms with E-state index in [0.717, 1.165) is 37.7 Å². The average molecular weight is 362 g/mol. The number of carbonyl (C=O) groups excluding carboxylic acids is 1. The summed E-state index contributed by atoms with van der Waals surface area (Å²) in [5.41, 5.74) is 0.749. The normalized spacial score (nSPS) is 20.0. The Morgan fingerprint density at radius 1 is 1.08 bits per heavy atom. The molecule has 0 bridgehead atoms. The molecule has 1 aliphatic rings. The monoisotopic (exact) mass is 361 g/mol. The van der Waals surface area contributed by atoms with E-state index in [9.17, 15) is 4.79 Å². The van der Waals surface area contributed by atoms with Crippen LogP contribution in [-0.2, 0) is 21.0 Å². The molecule has 2 rings (SSSR count). The van der Waals surface area contributed by atoms with Crippen molar-refractivity contribution in [2.45, 2.75) is 96.9 Å². The van der Waals surface area contributed by atoms with Gasteiger partial charge in [0.05, 0.1) is 6.61 Å². The number of carbonyl (C=O) groups is 1. The van der Waals surface area contributed by atoms with E-state index in [2.05, 4.69) is 51.8 Å². The zero-order chi connectivity index (χ0) is 19.2. The molecular weight excluding hydrogens is 326 g/mol. The van der Waals surface area contributed by atoms with Gasteiger partial charge in [-0.2, -0.15) is 5.06 Å². The van der Waals surface area contributed by atoms with Gasteiger partial charge in [0, 0.05) is 30.3 Å². The van der Waals surface area contributed by atoms with Crippen LogP contribution in [0.5, 0.6) is 0 Å². The number of rotatable bonds is 8. The van der Waals surface area contributed by atoms with Crippen LogP contribution in [-0.4, -0.2) is 28.2 Å². The molecule has 0 aliphatic carbocycles. The van der Waals surface area contributed by atoms with Crippen molar-refractivity contribution in [2.24, 2.45) is 0 Å². The van der Waals surface area contributed by atoms with E-state index in [0.29, 0.717) is 13.0 Å². The third-order valence-corrected chi connectivity index (χ3v) is 5.04. The summed E-state index contributed by atoms with van der Waals surface area (Å²) in [6.07, 6.45) is 5.16.